The van der Waals surface area contributed by atoms with Gasteiger partial charge in [0.1, 0.15) is 0 Å². The number of carbonyl (C=O) groups is 1. The van der Waals surface area contributed by atoms with E-state index >= 15 is 0 Å². The van der Waals surface area contributed by atoms with Gasteiger partial charge < -0.3 is 5.32 Å². The Kier molecular flexibility index (Phi) is 4.23. The minimum absolute atomic E-state index is 0.200. The molecule has 0 aromatic heterocycles. The lowest BCUT2D eigenvalue weighted by molar-refractivity contribution is -0.122. The Hall–Kier alpha value is -0.0500. The molecule has 1 fully saturated rings. The van der Waals surface area contributed by atoms with Crippen molar-refractivity contribution in [2.75, 3.05) is 0 Å². The Bertz CT molecular complexity index is 182. The quantitative estimate of drug-likeness (QED) is 0.764. The highest BCUT2D eigenvalue weighted by atomic mass is 79.9. The first-order valence-electron chi connectivity index (χ1n) is 5.03. The molecule has 1 saturated carbocycles. The minimum Gasteiger partial charge on any atom is -0.352 e. The fourth-order valence-electron chi connectivity index (χ4n) is 1.71. The van der Waals surface area contributed by atoms with Crippen molar-refractivity contribution >= 4 is 21.8 Å². The van der Waals surface area contributed by atoms with Crippen molar-refractivity contribution in [2.45, 2.75) is 50.4 Å². The maximum absolute atomic E-state index is 11.4. The highest BCUT2D eigenvalue weighted by Crippen LogP contribution is 2.25. The third-order valence-corrected chi connectivity index (χ3v) is 3.47. The van der Waals surface area contributed by atoms with Crippen LogP contribution in [0, 0.1) is 5.92 Å². The second kappa shape index (κ2) is 4.99. The Balaban J connectivity index is 2.27. The van der Waals surface area contributed by atoms with Gasteiger partial charge in [0.25, 0.3) is 0 Å². The van der Waals surface area contributed by atoms with Gasteiger partial charge in [0.2, 0.25) is 5.91 Å². The van der Waals surface area contributed by atoms with Gasteiger partial charge in [0, 0.05) is 17.3 Å². The van der Waals surface area contributed by atoms with E-state index in [4.69, 9.17) is 0 Å². The van der Waals surface area contributed by atoms with Crippen molar-refractivity contribution < 1.29 is 4.79 Å². The van der Waals surface area contributed by atoms with Crippen molar-refractivity contribution in [2.24, 2.45) is 5.92 Å². The van der Waals surface area contributed by atoms with Gasteiger partial charge in [0.15, 0.2) is 0 Å². The normalized spacial score (nSPS) is 28.0. The average Bonchev–Trinajstić information content (AvgIpc) is 2.34. The van der Waals surface area contributed by atoms with E-state index in [9.17, 15) is 4.79 Å². The first-order valence-corrected chi connectivity index (χ1v) is 5.94. The summed E-state index contributed by atoms with van der Waals surface area (Å²) >= 11 is 3.58. The van der Waals surface area contributed by atoms with Crippen molar-refractivity contribution in [1.82, 2.24) is 5.32 Å². The number of hydrogen-bond acceptors (Lipinski definition) is 1. The van der Waals surface area contributed by atoms with Gasteiger partial charge in [0.05, 0.1) is 0 Å². The van der Waals surface area contributed by atoms with Gasteiger partial charge in [-0.25, -0.2) is 0 Å². The lowest BCUT2D eigenvalue weighted by Gasteiger charge is -2.16. The first-order chi connectivity index (χ1) is 6.09. The summed E-state index contributed by atoms with van der Waals surface area (Å²) in [5, 5.41) is 3.07. The maximum atomic E-state index is 11.4. The highest BCUT2D eigenvalue weighted by molar-refractivity contribution is 9.09. The number of nitrogens with one attached hydrogen (secondary N) is 1. The zero-order valence-corrected chi connectivity index (χ0v) is 9.93. The Morgan fingerprint density at radius 2 is 2.23 bits per heavy atom. The zero-order chi connectivity index (χ0) is 9.84. The summed E-state index contributed by atoms with van der Waals surface area (Å²) in [5.74, 6) is 0.654. The third kappa shape index (κ3) is 3.67. The van der Waals surface area contributed by atoms with Gasteiger partial charge in [-0.1, -0.05) is 36.2 Å². The van der Waals surface area contributed by atoms with Gasteiger partial charge in [-0.2, -0.15) is 0 Å². The fourth-order valence-corrected chi connectivity index (χ4v) is 2.43. The zero-order valence-electron chi connectivity index (χ0n) is 8.35. The molecule has 0 aromatic rings. The highest BCUT2D eigenvalue weighted by Gasteiger charge is 2.25. The van der Waals surface area contributed by atoms with Crippen LogP contribution in [0.4, 0.5) is 0 Å². The summed E-state index contributed by atoms with van der Waals surface area (Å²) in [5.41, 5.74) is 0. The Labute approximate surface area is 88.6 Å². The minimum atomic E-state index is 0.200. The molecule has 1 aliphatic carbocycles. The largest absolute Gasteiger partial charge is 0.352 e. The van der Waals surface area contributed by atoms with E-state index in [2.05, 4.69) is 35.1 Å². The van der Waals surface area contributed by atoms with Crippen LogP contribution in [0.25, 0.3) is 0 Å². The molecule has 0 spiro atoms. The molecule has 0 saturated heterocycles. The predicted octanol–water partition coefficient (Wildman–Crippen LogP) is 2.46. The summed E-state index contributed by atoms with van der Waals surface area (Å²) in [4.78, 5) is 11.9. The van der Waals surface area contributed by atoms with Crippen LogP contribution >= 0.6 is 15.9 Å². The third-order valence-electron chi connectivity index (χ3n) is 2.37. The molecule has 1 N–H and O–H groups in total. The van der Waals surface area contributed by atoms with Gasteiger partial charge >= 0.3 is 0 Å². The smallest absolute Gasteiger partial charge is 0.220 e. The lowest BCUT2D eigenvalue weighted by atomic mass is 10.1. The van der Waals surface area contributed by atoms with E-state index in [1.54, 1.807) is 0 Å². The summed E-state index contributed by atoms with van der Waals surface area (Å²) < 4.78 is 0. The molecule has 1 rings (SSSR count). The van der Waals surface area contributed by atoms with Crippen molar-refractivity contribution in [1.29, 1.82) is 0 Å². The molecule has 0 heterocycles. The van der Waals surface area contributed by atoms with E-state index in [1.165, 1.54) is 12.8 Å². The number of halogens is 1. The van der Waals surface area contributed by atoms with Crippen LogP contribution in [0.2, 0.25) is 0 Å². The van der Waals surface area contributed by atoms with E-state index < -0.39 is 0 Å². The van der Waals surface area contributed by atoms with Gasteiger partial charge in [-0.3, -0.25) is 4.79 Å². The molecular weight excluding hydrogens is 230 g/mol. The second-order valence-corrected chi connectivity index (χ2v) is 5.40. The summed E-state index contributed by atoms with van der Waals surface area (Å²) in [7, 11) is 0. The van der Waals surface area contributed by atoms with Crippen molar-refractivity contribution in [3.05, 3.63) is 0 Å². The number of rotatable bonds is 3. The number of carbonyl (C=O) groups excluding carboxylic acids is 1. The maximum Gasteiger partial charge on any atom is 0.220 e. The Morgan fingerprint density at radius 1 is 1.54 bits per heavy atom. The molecule has 13 heavy (non-hydrogen) atoms. The van der Waals surface area contributed by atoms with Crippen LogP contribution in [-0.2, 0) is 4.79 Å². The Morgan fingerprint density at radius 3 is 2.69 bits per heavy atom. The fraction of sp³-hybridized carbons (Fsp3) is 0.900. The average molecular weight is 248 g/mol. The van der Waals surface area contributed by atoms with Crippen LogP contribution < -0.4 is 5.32 Å². The number of hydrogen-bond donors (Lipinski definition) is 1. The number of amides is 1. The molecule has 0 radical (unpaired) electrons. The monoisotopic (exact) mass is 247 g/mol. The predicted molar refractivity (Wildman–Crippen MR) is 58.0 cm³/mol. The van der Waals surface area contributed by atoms with Crippen LogP contribution in [0.3, 0.4) is 0 Å². The van der Waals surface area contributed by atoms with Crippen molar-refractivity contribution in [3.8, 4) is 0 Å². The molecule has 1 amide bonds. The molecule has 2 unspecified atom stereocenters. The SMILES string of the molecule is CC(C)CC(=O)NC1CCCC1Br. The molecular formula is C10H18BrNO. The van der Waals surface area contributed by atoms with Gasteiger partial charge in [-0.05, 0) is 18.8 Å². The molecule has 0 aromatic carbocycles. The molecule has 76 valence electrons. The second-order valence-electron chi connectivity index (χ2n) is 4.22. The van der Waals surface area contributed by atoms with Crippen LogP contribution in [0.15, 0.2) is 0 Å². The standard InChI is InChI=1S/C10H18BrNO/c1-7(2)6-10(13)12-9-5-3-4-8(9)11/h7-9H,3-6H2,1-2H3,(H,12,13). The van der Waals surface area contributed by atoms with Crippen LogP contribution in [0.1, 0.15) is 39.5 Å². The summed E-state index contributed by atoms with van der Waals surface area (Å²) in [6.45, 7) is 4.14. The summed E-state index contributed by atoms with van der Waals surface area (Å²) in [6.07, 6.45) is 4.19. The van der Waals surface area contributed by atoms with E-state index in [0.717, 1.165) is 6.42 Å². The van der Waals surface area contributed by atoms with E-state index in [0.29, 0.717) is 23.2 Å². The molecule has 2 nitrogen and oxygen atoms in total. The van der Waals surface area contributed by atoms with Crippen LogP contribution in [0.5, 0.6) is 0 Å². The molecule has 2 atom stereocenters. The molecule has 3 heteroatoms. The molecule has 0 bridgehead atoms. The summed E-state index contributed by atoms with van der Waals surface area (Å²) in [6, 6.07) is 0.367. The number of alkyl halides is 1. The molecule has 0 aliphatic heterocycles. The first kappa shape index (κ1) is 11.0. The van der Waals surface area contributed by atoms with Crippen molar-refractivity contribution in [3.63, 3.8) is 0 Å². The van der Waals surface area contributed by atoms with E-state index in [1.807, 2.05) is 0 Å². The van der Waals surface area contributed by atoms with E-state index in [-0.39, 0.29) is 5.91 Å². The van der Waals surface area contributed by atoms with Gasteiger partial charge in [-0.15, -0.1) is 0 Å². The molecule has 1 aliphatic rings. The topological polar surface area (TPSA) is 29.1 Å². The lowest BCUT2D eigenvalue weighted by Crippen LogP contribution is -2.38. The van der Waals surface area contributed by atoms with Crippen LogP contribution in [-0.4, -0.2) is 16.8 Å².